The Hall–Kier alpha value is -0.540. The third-order valence-electron chi connectivity index (χ3n) is 2.74. The van der Waals surface area contributed by atoms with Gasteiger partial charge in [0.25, 0.3) is 0 Å². The highest BCUT2D eigenvalue weighted by molar-refractivity contribution is 4.83. The summed E-state index contributed by atoms with van der Waals surface area (Å²) < 4.78 is 5.52. The zero-order valence-corrected chi connectivity index (χ0v) is 11.1. The molecule has 1 unspecified atom stereocenters. The van der Waals surface area contributed by atoms with Crippen molar-refractivity contribution in [2.75, 3.05) is 33.7 Å². The summed E-state index contributed by atoms with van der Waals surface area (Å²) in [6, 6.07) is 0. The molecule has 0 spiro atoms. The normalized spacial score (nSPS) is 21.2. The van der Waals surface area contributed by atoms with Gasteiger partial charge in [0.2, 0.25) is 0 Å². The zero-order valence-electron chi connectivity index (χ0n) is 11.1. The van der Waals surface area contributed by atoms with Crippen LogP contribution >= 0.6 is 0 Å². The maximum absolute atomic E-state index is 5.52. The Morgan fingerprint density at radius 1 is 1.44 bits per heavy atom. The predicted octanol–water partition coefficient (Wildman–Crippen LogP) is 1.86. The standard InChI is InChI=1S/C13H26N2O/c1-13(2,11-15(3)4)10-14-9-12-7-5-6-8-16-12/h6,8,12,14H,5,7,9-11H2,1-4H3. The van der Waals surface area contributed by atoms with Gasteiger partial charge in [-0.2, -0.15) is 0 Å². The number of nitrogens with zero attached hydrogens (tertiary/aromatic N) is 1. The van der Waals surface area contributed by atoms with Crippen molar-refractivity contribution in [1.82, 2.24) is 10.2 Å². The van der Waals surface area contributed by atoms with Crippen molar-refractivity contribution >= 4 is 0 Å². The van der Waals surface area contributed by atoms with Crippen molar-refractivity contribution in [3.63, 3.8) is 0 Å². The highest BCUT2D eigenvalue weighted by atomic mass is 16.5. The lowest BCUT2D eigenvalue weighted by atomic mass is 9.93. The molecule has 1 N–H and O–H groups in total. The summed E-state index contributed by atoms with van der Waals surface area (Å²) in [5.41, 5.74) is 0.313. The monoisotopic (exact) mass is 226 g/mol. The molecule has 0 radical (unpaired) electrons. The van der Waals surface area contributed by atoms with Crippen LogP contribution < -0.4 is 5.32 Å². The highest BCUT2D eigenvalue weighted by Crippen LogP contribution is 2.15. The van der Waals surface area contributed by atoms with Crippen LogP contribution in [0.2, 0.25) is 0 Å². The largest absolute Gasteiger partial charge is 0.497 e. The van der Waals surface area contributed by atoms with Gasteiger partial charge in [0.05, 0.1) is 6.26 Å². The number of allylic oxidation sites excluding steroid dienone is 1. The molecular formula is C13H26N2O. The van der Waals surface area contributed by atoms with Crippen LogP contribution in [-0.4, -0.2) is 44.7 Å². The average Bonchev–Trinajstić information content (AvgIpc) is 2.16. The van der Waals surface area contributed by atoms with E-state index in [0.717, 1.165) is 32.5 Å². The molecule has 0 aromatic rings. The Morgan fingerprint density at radius 2 is 2.19 bits per heavy atom. The molecule has 3 heteroatoms. The van der Waals surface area contributed by atoms with Gasteiger partial charge in [0.15, 0.2) is 0 Å². The van der Waals surface area contributed by atoms with Crippen LogP contribution in [0, 0.1) is 5.41 Å². The van der Waals surface area contributed by atoms with Crippen LogP contribution in [0.25, 0.3) is 0 Å². The van der Waals surface area contributed by atoms with Crippen molar-refractivity contribution < 1.29 is 4.74 Å². The summed E-state index contributed by atoms with van der Waals surface area (Å²) in [4.78, 5) is 2.24. The number of rotatable bonds is 6. The van der Waals surface area contributed by atoms with Gasteiger partial charge in [0, 0.05) is 19.6 Å². The van der Waals surface area contributed by atoms with E-state index >= 15 is 0 Å². The fourth-order valence-electron chi connectivity index (χ4n) is 2.22. The Labute approximate surface area is 99.8 Å². The van der Waals surface area contributed by atoms with E-state index in [1.807, 2.05) is 6.26 Å². The summed E-state index contributed by atoms with van der Waals surface area (Å²) in [6.45, 7) is 7.69. The zero-order chi connectivity index (χ0) is 12.0. The van der Waals surface area contributed by atoms with Crippen LogP contribution in [0.4, 0.5) is 0 Å². The molecule has 0 saturated carbocycles. The van der Waals surface area contributed by atoms with Gasteiger partial charge < -0.3 is 15.0 Å². The van der Waals surface area contributed by atoms with E-state index in [2.05, 4.69) is 44.2 Å². The minimum absolute atomic E-state index is 0.313. The second-order valence-electron chi connectivity index (χ2n) is 5.74. The average molecular weight is 226 g/mol. The molecule has 0 amide bonds. The van der Waals surface area contributed by atoms with E-state index in [9.17, 15) is 0 Å². The molecule has 0 fully saturated rings. The maximum Gasteiger partial charge on any atom is 0.110 e. The summed E-state index contributed by atoms with van der Waals surface area (Å²) in [5.74, 6) is 0. The first-order chi connectivity index (χ1) is 7.49. The van der Waals surface area contributed by atoms with Gasteiger partial charge in [-0.3, -0.25) is 0 Å². The van der Waals surface area contributed by atoms with Crippen molar-refractivity contribution in [1.29, 1.82) is 0 Å². The summed E-state index contributed by atoms with van der Waals surface area (Å²) in [6.07, 6.45) is 6.57. The molecule has 94 valence electrons. The lowest BCUT2D eigenvalue weighted by Crippen LogP contribution is -2.40. The van der Waals surface area contributed by atoms with Crippen molar-refractivity contribution in [3.8, 4) is 0 Å². The van der Waals surface area contributed by atoms with Crippen LogP contribution in [-0.2, 0) is 4.74 Å². The smallest absolute Gasteiger partial charge is 0.110 e. The van der Waals surface area contributed by atoms with E-state index in [0.29, 0.717) is 11.5 Å². The molecule has 3 nitrogen and oxygen atoms in total. The van der Waals surface area contributed by atoms with E-state index in [4.69, 9.17) is 4.74 Å². The van der Waals surface area contributed by atoms with Crippen molar-refractivity contribution in [2.24, 2.45) is 5.41 Å². The van der Waals surface area contributed by atoms with Gasteiger partial charge in [-0.1, -0.05) is 13.8 Å². The second-order valence-corrected chi connectivity index (χ2v) is 5.74. The second kappa shape index (κ2) is 6.26. The summed E-state index contributed by atoms with van der Waals surface area (Å²) >= 11 is 0. The third kappa shape index (κ3) is 5.52. The van der Waals surface area contributed by atoms with E-state index in [1.165, 1.54) is 0 Å². The Balaban J connectivity index is 2.16. The minimum atomic E-state index is 0.313. The number of hydrogen-bond donors (Lipinski definition) is 1. The molecule has 0 aromatic carbocycles. The first kappa shape index (κ1) is 13.5. The molecule has 1 aliphatic rings. The lowest BCUT2D eigenvalue weighted by molar-refractivity contribution is 0.117. The van der Waals surface area contributed by atoms with Crippen LogP contribution in [0.1, 0.15) is 26.7 Å². The molecule has 0 saturated heterocycles. The van der Waals surface area contributed by atoms with Gasteiger partial charge in [-0.25, -0.2) is 0 Å². The van der Waals surface area contributed by atoms with Gasteiger partial charge in [-0.15, -0.1) is 0 Å². The molecule has 0 aromatic heterocycles. The fraction of sp³-hybridized carbons (Fsp3) is 0.846. The first-order valence-corrected chi connectivity index (χ1v) is 6.15. The Kier molecular flexibility index (Phi) is 5.29. The van der Waals surface area contributed by atoms with Crippen LogP contribution in [0.3, 0.4) is 0 Å². The van der Waals surface area contributed by atoms with E-state index in [-0.39, 0.29) is 0 Å². The summed E-state index contributed by atoms with van der Waals surface area (Å²) in [5, 5.41) is 3.52. The highest BCUT2D eigenvalue weighted by Gasteiger charge is 2.19. The molecule has 16 heavy (non-hydrogen) atoms. The quantitative estimate of drug-likeness (QED) is 0.748. The lowest BCUT2D eigenvalue weighted by Gasteiger charge is -2.29. The molecule has 0 bridgehead atoms. The molecule has 1 rings (SSSR count). The molecule has 1 aliphatic heterocycles. The Bertz CT molecular complexity index is 224. The van der Waals surface area contributed by atoms with E-state index < -0.39 is 0 Å². The molecule has 1 atom stereocenters. The third-order valence-corrected chi connectivity index (χ3v) is 2.74. The van der Waals surface area contributed by atoms with Crippen LogP contribution in [0.15, 0.2) is 12.3 Å². The van der Waals surface area contributed by atoms with Gasteiger partial charge in [0.1, 0.15) is 6.10 Å². The summed E-state index contributed by atoms with van der Waals surface area (Å²) in [7, 11) is 4.24. The van der Waals surface area contributed by atoms with E-state index in [1.54, 1.807) is 0 Å². The number of hydrogen-bond acceptors (Lipinski definition) is 3. The molecule has 0 aliphatic carbocycles. The van der Waals surface area contributed by atoms with Gasteiger partial charge >= 0.3 is 0 Å². The van der Waals surface area contributed by atoms with Crippen LogP contribution in [0.5, 0.6) is 0 Å². The topological polar surface area (TPSA) is 24.5 Å². The van der Waals surface area contributed by atoms with Crippen molar-refractivity contribution in [2.45, 2.75) is 32.8 Å². The molecular weight excluding hydrogens is 200 g/mol. The molecule has 1 heterocycles. The predicted molar refractivity (Wildman–Crippen MR) is 68.5 cm³/mol. The fourth-order valence-corrected chi connectivity index (χ4v) is 2.22. The minimum Gasteiger partial charge on any atom is -0.497 e. The van der Waals surface area contributed by atoms with Gasteiger partial charge in [-0.05, 0) is 38.4 Å². The number of nitrogens with one attached hydrogen (secondary N) is 1. The maximum atomic E-state index is 5.52. The first-order valence-electron chi connectivity index (χ1n) is 6.15. The SMILES string of the molecule is CN(C)CC(C)(C)CNCC1CCC=CO1. The Morgan fingerprint density at radius 3 is 2.75 bits per heavy atom. The number of ether oxygens (including phenoxy) is 1. The van der Waals surface area contributed by atoms with Crippen molar-refractivity contribution in [3.05, 3.63) is 12.3 Å².